The second-order valence-corrected chi connectivity index (χ2v) is 5.54. The lowest BCUT2D eigenvalue weighted by atomic mass is 9.96. The van der Waals surface area contributed by atoms with E-state index in [9.17, 15) is 15.2 Å². The number of nitro benzene ring substituents is 1. The average Bonchev–Trinajstić information content (AvgIpc) is 2.48. The van der Waals surface area contributed by atoms with Gasteiger partial charge in [0.2, 0.25) is 0 Å². The van der Waals surface area contributed by atoms with E-state index in [2.05, 4.69) is 4.98 Å². The van der Waals surface area contributed by atoms with E-state index in [-0.39, 0.29) is 22.6 Å². The molecule has 2 unspecified atom stereocenters. The normalized spacial score (nSPS) is 22.5. The summed E-state index contributed by atoms with van der Waals surface area (Å²) in [6, 6.07) is 7.01. The number of nitro groups is 1. The molecule has 0 bridgehead atoms. The number of aliphatic hydroxyl groups excluding tert-OH is 1. The van der Waals surface area contributed by atoms with Gasteiger partial charge in [-0.2, -0.15) is 0 Å². The molecule has 1 aliphatic heterocycles. The Kier molecular flexibility index (Phi) is 3.47. The third-order valence-electron chi connectivity index (χ3n) is 4.12. The Morgan fingerprint density at radius 3 is 2.95 bits per heavy atom. The fraction of sp³-hybridized carbons (Fsp3) is 0.400. The zero-order valence-electron chi connectivity index (χ0n) is 11.8. The Balaban J connectivity index is 2.10. The van der Waals surface area contributed by atoms with E-state index in [1.807, 2.05) is 17.9 Å². The molecule has 21 heavy (non-hydrogen) atoms. The van der Waals surface area contributed by atoms with Crippen LogP contribution in [0.2, 0.25) is 0 Å². The van der Waals surface area contributed by atoms with E-state index in [0.29, 0.717) is 36.1 Å². The number of hydrogen-bond acceptors (Lipinski definition) is 5. The van der Waals surface area contributed by atoms with E-state index in [1.165, 1.54) is 0 Å². The van der Waals surface area contributed by atoms with E-state index in [1.54, 1.807) is 24.4 Å². The first-order valence-electron chi connectivity index (χ1n) is 7.03. The van der Waals surface area contributed by atoms with Gasteiger partial charge in [-0.25, -0.2) is 0 Å². The second-order valence-electron chi connectivity index (χ2n) is 5.54. The van der Waals surface area contributed by atoms with Gasteiger partial charge in [0.25, 0.3) is 0 Å². The van der Waals surface area contributed by atoms with Crippen molar-refractivity contribution in [1.29, 1.82) is 0 Å². The molecule has 2 atom stereocenters. The first-order chi connectivity index (χ1) is 10.1. The molecule has 2 aromatic rings. The predicted molar refractivity (Wildman–Crippen MR) is 80.4 cm³/mol. The van der Waals surface area contributed by atoms with E-state index < -0.39 is 0 Å². The number of aliphatic hydroxyl groups is 1. The van der Waals surface area contributed by atoms with E-state index >= 15 is 0 Å². The quantitative estimate of drug-likeness (QED) is 0.677. The number of aromatic nitrogens is 1. The van der Waals surface area contributed by atoms with Crippen LogP contribution in [0.1, 0.15) is 13.3 Å². The molecule has 0 aliphatic carbocycles. The standard InChI is InChI=1S/C15H17N3O3/c1-10-9-17(8-6-14(10)19)13-5-4-12-11(3-2-7-16-12)15(13)18(20)21/h2-5,7,10,14,19H,6,8-9H2,1H3. The van der Waals surface area contributed by atoms with Gasteiger partial charge in [0.1, 0.15) is 5.69 Å². The minimum atomic E-state index is -0.338. The van der Waals surface area contributed by atoms with Crippen LogP contribution in [0.4, 0.5) is 11.4 Å². The third kappa shape index (κ3) is 2.42. The molecule has 3 rings (SSSR count). The molecule has 1 fully saturated rings. The number of piperidine rings is 1. The SMILES string of the molecule is CC1CN(c2ccc3ncccc3c2[N+](=O)[O-])CCC1O. The maximum atomic E-state index is 11.5. The molecule has 1 aliphatic rings. The van der Waals surface area contributed by atoms with Crippen molar-refractivity contribution >= 4 is 22.3 Å². The molecule has 0 amide bonds. The Bertz CT molecular complexity index is 689. The van der Waals surface area contributed by atoms with Crippen LogP contribution < -0.4 is 4.90 Å². The maximum Gasteiger partial charge on any atom is 0.301 e. The molecular weight excluding hydrogens is 270 g/mol. The van der Waals surface area contributed by atoms with Crippen molar-refractivity contribution in [3.05, 3.63) is 40.6 Å². The van der Waals surface area contributed by atoms with Gasteiger partial charge in [0.05, 0.1) is 21.9 Å². The van der Waals surface area contributed by atoms with Crippen LogP contribution in [0, 0.1) is 16.0 Å². The van der Waals surface area contributed by atoms with Crippen LogP contribution in [-0.2, 0) is 0 Å². The number of fused-ring (bicyclic) bond motifs is 1. The summed E-state index contributed by atoms with van der Waals surface area (Å²) in [6.07, 6.45) is 1.93. The summed E-state index contributed by atoms with van der Waals surface area (Å²) in [5.41, 5.74) is 1.33. The molecule has 1 aromatic heterocycles. The molecule has 1 aromatic carbocycles. The third-order valence-corrected chi connectivity index (χ3v) is 4.12. The van der Waals surface area contributed by atoms with Gasteiger partial charge in [-0.05, 0) is 36.6 Å². The van der Waals surface area contributed by atoms with Gasteiger partial charge in [0.15, 0.2) is 0 Å². The number of hydrogen-bond donors (Lipinski definition) is 1. The van der Waals surface area contributed by atoms with Crippen LogP contribution in [0.5, 0.6) is 0 Å². The van der Waals surface area contributed by atoms with Gasteiger partial charge in [-0.15, -0.1) is 0 Å². The Morgan fingerprint density at radius 2 is 2.24 bits per heavy atom. The Morgan fingerprint density at radius 1 is 1.43 bits per heavy atom. The van der Waals surface area contributed by atoms with Crippen molar-refractivity contribution in [2.24, 2.45) is 5.92 Å². The van der Waals surface area contributed by atoms with Crippen LogP contribution in [0.25, 0.3) is 10.9 Å². The zero-order valence-corrected chi connectivity index (χ0v) is 11.8. The lowest BCUT2D eigenvalue weighted by molar-refractivity contribution is -0.382. The number of benzene rings is 1. The first kappa shape index (κ1) is 13.8. The van der Waals surface area contributed by atoms with Crippen molar-refractivity contribution in [3.8, 4) is 0 Å². The number of rotatable bonds is 2. The molecule has 1 N–H and O–H groups in total. The van der Waals surface area contributed by atoms with E-state index in [4.69, 9.17) is 0 Å². The smallest absolute Gasteiger partial charge is 0.301 e. The van der Waals surface area contributed by atoms with Crippen molar-refractivity contribution in [3.63, 3.8) is 0 Å². The second kappa shape index (κ2) is 5.29. The maximum absolute atomic E-state index is 11.5. The van der Waals surface area contributed by atoms with Crippen molar-refractivity contribution < 1.29 is 10.0 Å². The van der Waals surface area contributed by atoms with Crippen molar-refractivity contribution in [2.75, 3.05) is 18.0 Å². The molecule has 0 spiro atoms. The van der Waals surface area contributed by atoms with Gasteiger partial charge < -0.3 is 10.0 Å². The highest BCUT2D eigenvalue weighted by Gasteiger charge is 2.29. The molecule has 0 saturated carbocycles. The molecule has 2 heterocycles. The van der Waals surface area contributed by atoms with Crippen LogP contribution in [-0.4, -0.2) is 34.2 Å². The Hall–Kier alpha value is -2.21. The van der Waals surface area contributed by atoms with Crippen LogP contribution >= 0.6 is 0 Å². The summed E-state index contributed by atoms with van der Waals surface area (Å²) >= 11 is 0. The molecule has 0 radical (unpaired) electrons. The highest BCUT2D eigenvalue weighted by molar-refractivity contribution is 5.94. The lowest BCUT2D eigenvalue weighted by Gasteiger charge is -2.35. The number of pyridine rings is 1. The highest BCUT2D eigenvalue weighted by Crippen LogP contribution is 2.36. The van der Waals surface area contributed by atoms with Gasteiger partial charge in [-0.1, -0.05) is 6.92 Å². The average molecular weight is 287 g/mol. The van der Waals surface area contributed by atoms with E-state index in [0.717, 1.165) is 0 Å². The van der Waals surface area contributed by atoms with Crippen molar-refractivity contribution in [2.45, 2.75) is 19.4 Å². The minimum Gasteiger partial charge on any atom is -0.393 e. The van der Waals surface area contributed by atoms with Crippen molar-refractivity contribution in [1.82, 2.24) is 4.98 Å². The van der Waals surface area contributed by atoms with Gasteiger partial charge in [0, 0.05) is 19.3 Å². The molecular formula is C15H17N3O3. The summed E-state index contributed by atoms with van der Waals surface area (Å²) in [5.74, 6) is 0.1000. The number of anilines is 1. The fourth-order valence-corrected chi connectivity index (χ4v) is 2.92. The summed E-state index contributed by atoms with van der Waals surface area (Å²) in [5, 5.41) is 21.9. The molecule has 6 nitrogen and oxygen atoms in total. The number of nitrogens with zero attached hydrogens (tertiary/aromatic N) is 3. The fourth-order valence-electron chi connectivity index (χ4n) is 2.92. The highest BCUT2D eigenvalue weighted by atomic mass is 16.6. The summed E-state index contributed by atoms with van der Waals surface area (Å²) < 4.78 is 0. The van der Waals surface area contributed by atoms with Gasteiger partial charge in [-0.3, -0.25) is 15.1 Å². The lowest BCUT2D eigenvalue weighted by Crippen LogP contribution is -2.42. The van der Waals surface area contributed by atoms with Crippen LogP contribution in [0.15, 0.2) is 30.5 Å². The van der Waals surface area contributed by atoms with Gasteiger partial charge >= 0.3 is 5.69 Å². The molecule has 1 saturated heterocycles. The minimum absolute atomic E-state index is 0.1000. The predicted octanol–water partition coefficient (Wildman–Crippen LogP) is 2.35. The Labute approximate surface area is 122 Å². The topological polar surface area (TPSA) is 79.5 Å². The summed E-state index contributed by atoms with van der Waals surface area (Å²) in [7, 11) is 0. The largest absolute Gasteiger partial charge is 0.393 e. The molecule has 6 heteroatoms. The summed E-state index contributed by atoms with van der Waals surface area (Å²) in [4.78, 5) is 17.4. The molecule has 110 valence electrons. The van der Waals surface area contributed by atoms with Crippen LogP contribution in [0.3, 0.4) is 0 Å². The summed E-state index contributed by atoms with van der Waals surface area (Å²) in [6.45, 7) is 3.21. The first-order valence-corrected chi connectivity index (χ1v) is 7.03. The zero-order chi connectivity index (χ0) is 15.0. The monoisotopic (exact) mass is 287 g/mol.